The third kappa shape index (κ3) is 8.03. The van der Waals surface area contributed by atoms with Crippen LogP contribution in [0.5, 0.6) is 0 Å². The second kappa shape index (κ2) is 11.1. The predicted molar refractivity (Wildman–Crippen MR) is 94.1 cm³/mol. The van der Waals surface area contributed by atoms with Gasteiger partial charge in [-0.05, 0) is 31.2 Å². The van der Waals surface area contributed by atoms with Gasteiger partial charge in [-0.15, -0.1) is 0 Å². The van der Waals surface area contributed by atoms with Crippen LogP contribution >= 0.6 is 0 Å². The summed E-state index contributed by atoms with van der Waals surface area (Å²) in [5, 5.41) is 15.7. The first kappa shape index (κ1) is 18.5. The van der Waals surface area contributed by atoms with E-state index in [0.717, 1.165) is 31.9 Å². The quantitative estimate of drug-likeness (QED) is 0.373. The van der Waals surface area contributed by atoms with Gasteiger partial charge >= 0.3 is 0 Å². The molecule has 3 N–H and O–H groups in total. The second-order valence-corrected chi connectivity index (χ2v) is 5.93. The summed E-state index contributed by atoms with van der Waals surface area (Å²) < 4.78 is 0. The topological polar surface area (TPSA) is 56.7 Å². The number of unbranched alkanes of at least 4 members (excludes halogenated alkanes) is 1. The van der Waals surface area contributed by atoms with E-state index in [1.165, 1.54) is 17.5 Å². The zero-order valence-electron chi connectivity index (χ0n) is 14.2. The fraction of sp³-hybridized carbons (Fsp3) is 0.611. The molecular weight excluding hydrogens is 274 g/mol. The summed E-state index contributed by atoms with van der Waals surface area (Å²) >= 11 is 0. The number of aliphatic imine (C=N–C) groups is 1. The van der Waals surface area contributed by atoms with E-state index in [1.807, 2.05) is 0 Å². The Bertz CT molecular complexity index is 428. The molecule has 1 unspecified atom stereocenters. The first-order chi connectivity index (χ1) is 10.7. The molecule has 0 aromatic heterocycles. The number of nitrogens with zero attached hydrogens (tertiary/aromatic N) is 1. The summed E-state index contributed by atoms with van der Waals surface area (Å²) in [5.74, 6) is 1.29. The highest BCUT2D eigenvalue weighted by Crippen LogP contribution is 2.04. The zero-order chi connectivity index (χ0) is 16.2. The molecular formula is C18H31N3O. The molecule has 1 aromatic carbocycles. The predicted octanol–water partition coefficient (Wildman–Crippen LogP) is 2.85. The van der Waals surface area contributed by atoms with Gasteiger partial charge in [0.2, 0.25) is 0 Å². The van der Waals surface area contributed by atoms with Crippen molar-refractivity contribution in [3.05, 3.63) is 35.4 Å². The number of aliphatic hydroxyl groups excluding tert-OH is 1. The Balaban J connectivity index is 2.54. The van der Waals surface area contributed by atoms with E-state index in [9.17, 15) is 0 Å². The van der Waals surface area contributed by atoms with Crippen molar-refractivity contribution in [2.45, 2.75) is 46.6 Å². The fourth-order valence-corrected chi connectivity index (χ4v) is 2.02. The molecule has 0 fully saturated rings. The first-order valence-electron chi connectivity index (χ1n) is 8.34. The molecule has 1 rings (SSSR count). The van der Waals surface area contributed by atoms with E-state index in [-0.39, 0.29) is 6.61 Å². The summed E-state index contributed by atoms with van der Waals surface area (Å²) in [6.07, 6.45) is 3.11. The van der Waals surface area contributed by atoms with Gasteiger partial charge in [0.05, 0.1) is 6.54 Å². The summed E-state index contributed by atoms with van der Waals surface area (Å²) in [6.45, 7) is 9.08. The molecule has 22 heavy (non-hydrogen) atoms. The minimum absolute atomic E-state index is 0.238. The molecule has 1 atom stereocenters. The largest absolute Gasteiger partial charge is 0.396 e. The third-order valence-corrected chi connectivity index (χ3v) is 3.60. The molecule has 0 amide bonds. The molecule has 0 bridgehead atoms. The maximum Gasteiger partial charge on any atom is 0.191 e. The van der Waals surface area contributed by atoms with Gasteiger partial charge in [-0.25, -0.2) is 4.99 Å². The minimum atomic E-state index is 0.238. The van der Waals surface area contributed by atoms with Crippen molar-refractivity contribution in [1.29, 1.82) is 0 Å². The molecule has 0 heterocycles. The van der Waals surface area contributed by atoms with Gasteiger partial charge in [-0.1, -0.05) is 50.1 Å². The number of hydrogen-bond donors (Lipinski definition) is 3. The number of benzene rings is 1. The smallest absolute Gasteiger partial charge is 0.191 e. The van der Waals surface area contributed by atoms with Crippen LogP contribution in [0.2, 0.25) is 0 Å². The van der Waals surface area contributed by atoms with Crippen molar-refractivity contribution in [3.8, 4) is 0 Å². The van der Waals surface area contributed by atoms with Crippen molar-refractivity contribution >= 4 is 5.96 Å². The van der Waals surface area contributed by atoms with Gasteiger partial charge in [0, 0.05) is 19.7 Å². The van der Waals surface area contributed by atoms with Crippen molar-refractivity contribution in [2.24, 2.45) is 10.9 Å². The number of nitrogens with one attached hydrogen (secondary N) is 2. The average Bonchev–Trinajstić information content (AvgIpc) is 2.51. The Morgan fingerprint density at radius 1 is 1.23 bits per heavy atom. The van der Waals surface area contributed by atoms with E-state index in [2.05, 4.69) is 60.7 Å². The van der Waals surface area contributed by atoms with E-state index >= 15 is 0 Å². The fourth-order valence-electron chi connectivity index (χ4n) is 2.02. The monoisotopic (exact) mass is 305 g/mol. The van der Waals surface area contributed by atoms with E-state index < -0.39 is 0 Å². The Labute approximate surface area is 135 Å². The van der Waals surface area contributed by atoms with Crippen LogP contribution in [0.4, 0.5) is 0 Å². The van der Waals surface area contributed by atoms with Crippen molar-refractivity contribution in [2.75, 3.05) is 19.7 Å². The second-order valence-electron chi connectivity index (χ2n) is 5.93. The van der Waals surface area contributed by atoms with Gasteiger partial charge in [-0.3, -0.25) is 0 Å². The highest BCUT2D eigenvalue weighted by molar-refractivity contribution is 5.79. The van der Waals surface area contributed by atoms with Crippen LogP contribution in [0, 0.1) is 12.8 Å². The van der Waals surface area contributed by atoms with Crippen LogP contribution in [0.3, 0.4) is 0 Å². The molecule has 124 valence electrons. The number of aryl methyl sites for hydroxylation is 1. The molecule has 4 nitrogen and oxygen atoms in total. The van der Waals surface area contributed by atoms with Crippen LogP contribution in [-0.2, 0) is 6.54 Å². The average molecular weight is 305 g/mol. The maximum atomic E-state index is 8.98. The first-order valence-corrected chi connectivity index (χ1v) is 8.34. The lowest BCUT2D eigenvalue weighted by Crippen LogP contribution is -2.40. The van der Waals surface area contributed by atoms with Crippen LogP contribution < -0.4 is 10.6 Å². The summed E-state index contributed by atoms with van der Waals surface area (Å²) in [4.78, 5) is 4.66. The van der Waals surface area contributed by atoms with Gasteiger partial charge in [0.25, 0.3) is 0 Å². The molecule has 1 aromatic rings. The van der Waals surface area contributed by atoms with E-state index in [1.54, 1.807) is 0 Å². The van der Waals surface area contributed by atoms with Crippen molar-refractivity contribution < 1.29 is 5.11 Å². The molecule has 0 spiro atoms. The molecule has 0 radical (unpaired) electrons. The molecule has 0 aliphatic rings. The number of aliphatic hydroxyl groups is 1. The Kier molecular flexibility index (Phi) is 9.31. The number of hydrogen-bond acceptors (Lipinski definition) is 2. The van der Waals surface area contributed by atoms with Crippen LogP contribution in [0.15, 0.2) is 29.3 Å². The van der Waals surface area contributed by atoms with Crippen molar-refractivity contribution in [3.63, 3.8) is 0 Å². The zero-order valence-corrected chi connectivity index (χ0v) is 14.2. The maximum absolute atomic E-state index is 8.98. The number of rotatable bonds is 9. The van der Waals surface area contributed by atoms with Crippen LogP contribution in [0.1, 0.15) is 44.2 Å². The lowest BCUT2D eigenvalue weighted by atomic mass is 10.1. The summed E-state index contributed by atoms with van der Waals surface area (Å²) in [5.41, 5.74) is 2.48. The highest BCUT2D eigenvalue weighted by Gasteiger charge is 2.03. The minimum Gasteiger partial charge on any atom is -0.396 e. The van der Waals surface area contributed by atoms with E-state index in [0.29, 0.717) is 12.5 Å². The van der Waals surface area contributed by atoms with Gasteiger partial charge < -0.3 is 15.7 Å². The highest BCUT2D eigenvalue weighted by atomic mass is 16.3. The summed E-state index contributed by atoms with van der Waals surface area (Å²) in [6, 6.07) is 8.48. The van der Waals surface area contributed by atoms with Crippen LogP contribution in [-0.4, -0.2) is 30.8 Å². The Morgan fingerprint density at radius 2 is 1.95 bits per heavy atom. The Morgan fingerprint density at radius 3 is 2.59 bits per heavy atom. The number of guanidine groups is 1. The third-order valence-electron chi connectivity index (χ3n) is 3.60. The molecule has 0 saturated heterocycles. The summed E-state index contributed by atoms with van der Waals surface area (Å²) in [7, 11) is 0. The van der Waals surface area contributed by atoms with Gasteiger partial charge in [0.1, 0.15) is 0 Å². The van der Waals surface area contributed by atoms with Crippen molar-refractivity contribution in [1.82, 2.24) is 10.6 Å². The Hall–Kier alpha value is -1.55. The van der Waals surface area contributed by atoms with E-state index in [4.69, 9.17) is 5.11 Å². The molecule has 0 aliphatic heterocycles. The lowest BCUT2D eigenvalue weighted by Gasteiger charge is -2.16. The molecule has 0 aliphatic carbocycles. The molecule has 0 saturated carbocycles. The van der Waals surface area contributed by atoms with Gasteiger partial charge in [0.15, 0.2) is 5.96 Å². The molecule has 4 heteroatoms. The van der Waals surface area contributed by atoms with Crippen LogP contribution in [0.25, 0.3) is 0 Å². The van der Waals surface area contributed by atoms with Gasteiger partial charge in [-0.2, -0.15) is 0 Å². The lowest BCUT2D eigenvalue weighted by molar-refractivity contribution is 0.262. The standard InChI is InChI=1S/C18H31N3O/c1-4-5-11-19-18(20-13-16(3)10-12-22)21-14-17-8-6-15(2)7-9-17/h6-9,16,22H,4-5,10-14H2,1-3H3,(H2,19,20,21). The SMILES string of the molecule is CCCCNC(=NCc1ccc(C)cc1)NCC(C)CCO. The normalized spacial score (nSPS) is 13.0.